The normalized spacial score (nSPS) is 11.2. The van der Waals surface area contributed by atoms with Crippen LogP contribution in [-0.2, 0) is 6.42 Å². The number of H-pyrrole nitrogens is 1. The number of aromatic nitrogens is 2. The van der Waals surface area contributed by atoms with Crippen LogP contribution >= 0.6 is 34.5 Å². The fourth-order valence-electron chi connectivity index (χ4n) is 2.09. The molecule has 1 N–H and O–H groups in total. The first-order valence-electron chi connectivity index (χ1n) is 6.24. The number of thiophene rings is 1. The molecule has 2 aromatic heterocycles. The molecule has 0 radical (unpaired) electrons. The minimum absolute atomic E-state index is 0.292. The summed E-state index contributed by atoms with van der Waals surface area (Å²) in [6, 6.07) is 6.45. The second-order valence-electron chi connectivity index (χ2n) is 4.48. The van der Waals surface area contributed by atoms with E-state index in [0.29, 0.717) is 25.9 Å². The Bertz CT molecular complexity index is 956. The summed E-state index contributed by atoms with van der Waals surface area (Å²) >= 11 is 13.2. The Kier molecular flexibility index (Phi) is 3.65. The van der Waals surface area contributed by atoms with Crippen LogP contribution in [-0.4, -0.2) is 9.55 Å². The van der Waals surface area contributed by atoms with Gasteiger partial charge in [0.25, 0.3) is 5.56 Å². The zero-order valence-electron chi connectivity index (χ0n) is 10.9. The van der Waals surface area contributed by atoms with E-state index >= 15 is 0 Å². The van der Waals surface area contributed by atoms with Crippen LogP contribution in [0.15, 0.2) is 33.9 Å². The molecule has 3 aromatic rings. The van der Waals surface area contributed by atoms with Gasteiger partial charge in [0.2, 0.25) is 0 Å². The van der Waals surface area contributed by atoms with Crippen molar-refractivity contribution >= 4 is 44.8 Å². The van der Waals surface area contributed by atoms with E-state index in [0.717, 1.165) is 15.9 Å². The Balaban J connectivity index is 2.34. The SMILES string of the molecule is CCc1cc2c(=O)n(-c3ccc(Cl)c(Cl)c3)c(=O)[nH]c2s1. The summed E-state index contributed by atoms with van der Waals surface area (Å²) in [6.45, 7) is 2.00. The Morgan fingerprint density at radius 3 is 2.62 bits per heavy atom. The van der Waals surface area contributed by atoms with Crippen molar-refractivity contribution in [3.63, 3.8) is 0 Å². The molecule has 21 heavy (non-hydrogen) atoms. The fraction of sp³-hybridized carbons (Fsp3) is 0.143. The predicted molar refractivity (Wildman–Crippen MR) is 87.4 cm³/mol. The maximum atomic E-state index is 12.5. The molecule has 0 saturated carbocycles. The number of aryl methyl sites for hydroxylation is 1. The molecule has 4 nitrogen and oxygen atoms in total. The number of halogens is 2. The van der Waals surface area contributed by atoms with E-state index < -0.39 is 5.69 Å². The lowest BCUT2D eigenvalue weighted by atomic mass is 10.3. The number of hydrogen-bond donors (Lipinski definition) is 1. The van der Waals surface area contributed by atoms with Gasteiger partial charge in [0.05, 0.1) is 21.1 Å². The number of fused-ring (bicyclic) bond motifs is 1. The Morgan fingerprint density at radius 1 is 1.19 bits per heavy atom. The summed E-state index contributed by atoms with van der Waals surface area (Å²) in [7, 11) is 0. The molecule has 3 rings (SSSR count). The first kappa shape index (κ1) is 14.4. The largest absolute Gasteiger partial charge is 0.334 e. The monoisotopic (exact) mass is 340 g/mol. The molecular weight excluding hydrogens is 331 g/mol. The number of nitrogens with one attached hydrogen (secondary N) is 1. The lowest BCUT2D eigenvalue weighted by Gasteiger charge is -2.05. The van der Waals surface area contributed by atoms with Gasteiger partial charge in [-0.3, -0.25) is 9.78 Å². The molecule has 0 aliphatic heterocycles. The fourth-order valence-corrected chi connectivity index (χ4v) is 3.36. The highest BCUT2D eigenvalue weighted by molar-refractivity contribution is 7.18. The van der Waals surface area contributed by atoms with Crippen molar-refractivity contribution in [2.24, 2.45) is 0 Å². The van der Waals surface area contributed by atoms with Crippen LogP contribution in [0.1, 0.15) is 11.8 Å². The lowest BCUT2D eigenvalue weighted by Crippen LogP contribution is -2.33. The van der Waals surface area contributed by atoms with Crippen molar-refractivity contribution in [1.29, 1.82) is 0 Å². The summed E-state index contributed by atoms with van der Waals surface area (Å²) in [5.74, 6) is 0. The summed E-state index contributed by atoms with van der Waals surface area (Å²) in [6.07, 6.45) is 0.813. The van der Waals surface area contributed by atoms with Crippen LogP contribution in [0.4, 0.5) is 0 Å². The molecule has 0 saturated heterocycles. The minimum Gasteiger partial charge on any atom is -0.298 e. The van der Waals surface area contributed by atoms with Gasteiger partial charge < -0.3 is 0 Å². The van der Waals surface area contributed by atoms with Crippen LogP contribution in [0.25, 0.3) is 15.9 Å². The third-order valence-electron chi connectivity index (χ3n) is 3.15. The van der Waals surface area contributed by atoms with Crippen molar-refractivity contribution in [1.82, 2.24) is 9.55 Å². The molecule has 0 bridgehead atoms. The highest BCUT2D eigenvalue weighted by Crippen LogP contribution is 2.24. The van der Waals surface area contributed by atoms with Crippen LogP contribution in [0.2, 0.25) is 10.0 Å². The molecule has 1 aromatic carbocycles. The average molecular weight is 341 g/mol. The summed E-state index contributed by atoms with van der Waals surface area (Å²) in [4.78, 5) is 29.1. The van der Waals surface area contributed by atoms with Gasteiger partial charge in [-0.25, -0.2) is 9.36 Å². The summed E-state index contributed by atoms with van der Waals surface area (Å²) in [5.41, 5.74) is -0.458. The lowest BCUT2D eigenvalue weighted by molar-refractivity contribution is 0.904. The molecule has 2 heterocycles. The van der Waals surface area contributed by atoms with Gasteiger partial charge in [-0.2, -0.15) is 0 Å². The van der Waals surface area contributed by atoms with Gasteiger partial charge >= 0.3 is 5.69 Å². The third kappa shape index (κ3) is 2.41. The first-order valence-corrected chi connectivity index (χ1v) is 7.81. The van der Waals surface area contributed by atoms with E-state index in [1.165, 1.54) is 17.4 Å². The number of nitrogens with zero attached hydrogens (tertiary/aromatic N) is 1. The molecule has 108 valence electrons. The number of rotatable bonds is 2. The molecule has 0 unspecified atom stereocenters. The van der Waals surface area contributed by atoms with Gasteiger partial charge in [0.15, 0.2) is 0 Å². The van der Waals surface area contributed by atoms with Crippen LogP contribution in [0.5, 0.6) is 0 Å². The molecule has 0 aliphatic carbocycles. The Morgan fingerprint density at radius 2 is 1.95 bits per heavy atom. The third-order valence-corrected chi connectivity index (χ3v) is 5.08. The molecule has 0 amide bonds. The zero-order valence-corrected chi connectivity index (χ0v) is 13.3. The van der Waals surface area contributed by atoms with E-state index in [2.05, 4.69) is 4.98 Å². The summed E-state index contributed by atoms with van der Waals surface area (Å²) in [5, 5.41) is 1.16. The van der Waals surface area contributed by atoms with Crippen LogP contribution < -0.4 is 11.2 Å². The van der Waals surface area contributed by atoms with Gasteiger partial charge in [-0.15, -0.1) is 11.3 Å². The van der Waals surface area contributed by atoms with Gasteiger partial charge in [0.1, 0.15) is 4.83 Å². The highest BCUT2D eigenvalue weighted by Gasteiger charge is 2.13. The van der Waals surface area contributed by atoms with E-state index in [4.69, 9.17) is 23.2 Å². The second kappa shape index (κ2) is 5.33. The standard InChI is InChI=1S/C14H10Cl2N2O2S/c1-2-8-6-9-12(21-8)17-14(20)18(13(9)19)7-3-4-10(15)11(16)5-7/h3-6H,2H2,1H3,(H,17,20). The average Bonchev–Trinajstić information content (AvgIpc) is 2.86. The van der Waals surface area contributed by atoms with E-state index in [9.17, 15) is 9.59 Å². The van der Waals surface area contributed by atoms with Gasteiger partial charge in [0, 0.05) is 4.88 Å². The van der Waals surface area contributed by atoms with Crippen LogP contribution in [0.3, 0.4) is 0 Å². The van der Waals surface area contributed by atoms with E-state index in [1.54, 1.807) is 12.1 Å². The maximum Gasteiger partial charge on any atom is 0.334 e. The predicted octanol–water partition coefficient (Wildman–Crippen LogP) is 3.61. The highest BCUT2D eigenvalue weighted by atomic mass is 35.5. The van der Waals surface area contributed by atoms with Gasteiger partial charge in [-0.05, 0) is 30.7 Å². The van der Waals surface area contributed by atoms with Crippen LogP contribution in [0, 0.1) is 0 Å². The van der Waals surface area contributed by atoms with E-state index in [1.807, 2.05) is 13.0 Å². The van der Waals surface area contributed by atoms with Crippen molar-refractivity contribution in [3.8, 4) is 5.69 Å². The Labute approximate surface area is 133 Å². The minimum atomic E-state index is -0.490. The maximum absolute atomic E-state index is 12.5. The second-order valence-corrected chi connectivity index (χ2v) is 6.43. The quantitative estimate of drug-likeness (QED) is 0.774. The first-order chi connectivity index (χ1) is 10.0. The molecule has 0 atom stereocenters. The van der Waals surface area contributed by atoms with Crippen molar-refractivity contribution in [2.45, 2.75) is 13.3 Å². The molecule has 0 aliphatic rings. The van der Waals surface area contributed by atoms with Crippen molar-refractivity contribution in [2.75, 3.05) is 0 Å². The molecule has 7 heteroatoms. The van der Waals surface area contributed by atoms with Crippen molar-refractivity contribution in [3.05, 3.63) is 60.0 Å². The van der Waals surface area contributed by atoms with Crippen molar-refractivity contribution < 1.29 is 0 Å². The molecule has 0 fully saturated rings. The number of benzene rings is 1. The Hall–Kier alpha value is -1.56. The number of aromatic amines is 1. The zero-order chi connectivity index (χ0) is 15.1. The number of hydrogen-bond acceptors (Lipinski definition) is 3. The summed E-state index contributed by atoms with van der Waals surface area (Å²) < 4.78 is 1.07. The molecule has 0 spiro atoms. The topological polar surface area (TPSA) is 54.9 Å². The smallest absolute Gasteiger partial charge is 0.298 e. The molecular formula is C14H10Cl2N2O2S. The van der Waals surface area contributed by atoms with E-state index in [-0.39, 0.29) is 5.56 Å². The van der Waals surface area contributed by atoms with Gasteiger partial charge in [-0.1, -0.05) is 30.1 Å².